The summed E-state index contributed by atoms with van der Waals surface area (Å²) in [7, 11) is 0. The summed E-state index contributed by atoms with van der Waals surface area (Å²) in [5.41, 5.74) is 1.84. The van der Waals surface area contributed by atoms with Gasteiger partial charge in [0.2, 0.25) is 0 Å². The zero-order valence-electron chi connectivity index (χ0n) is 13.1. The summed E-state index contributed by atoms with van der Waals surface area (Å²) in [4.78, 5) is 24.4. The van der Waals surface area contributed by atoms with Gasteiger partial charge in [-0.15, -0.1) is 0 Å². The number of hydrogen-bond donors (Lipinski definition) is 1. The monoisotopic (exact) mass is 316 g/mol. The third-order valence-corrected chi connectivity index (χ3v) is 4.36. The van der Waals surface area contributed by atoms with Crippen LogP contribution in [0.5, 0.6) is 0 Å². The number of hydrogen-bond acceptors (Lipinski definition) is 5. The van der Waals surface area contributed by atoms with Crippen LogP contribution in [0, 0.1) is 0 Å². The summed E-state index contributed by atoms with van der Waals surface area (Å²) in [6.07, 6.45) is 1.93. The van der Waals surface area contributed by atoms with Gasteiger partial charge >= 0.3 is 11.8 Å². The fourth-order valence-corrected chi connectivity index (χ4v) is 3.28. The molecule has 0 spiro atoms. The van der Waals surface area contributed by atoms with E-state index in [0.29, 0.717) is 6.42 Å². The lowest BCUT2D eigenvalue weighted by atomic mass is 9.77. The van der Waals surface area contributed by atoms with Gasteiger partial charge in [0, 0.05) is 18.8 Å². The van der Waals surface area contributed by atoms with Crippen molar-refractivity contribution in [1.29, 1.82) is 0 Å². The maximum absolute atomic E-state index is 12.2. The van der Waals surface area contributed by atoms with E-state index in [1.807, 2.05) is 30.3 Å². The average Bonchev–Trinajstić information content (AvgIpc) is 2.56. The van der Waals surface area contributed by atoms with Crippen molar-refractivity contribution in [3.63, 3.8) is 0 Å². The second-order valence-electron chi connectivity index (χ2n) is 5.91. The Bertz CT molecular complexity index is 649. The first kappa shape index (κ1) is 15.7. The van der Waals surface area contributed by atoms with Gasteiger partial charge in [0.15, 0.2) is 11.5 Å². The van der Waals surface area contributed by atoms with Crippen LogP contribution >= 0.6 is 0 Å². The normalized spacial score (nSPS) is 27.2. The van der Waals surface area contributed by atoms with E-state index in [4.69, 9.17) is 9.47 Å². The number of benzene rings is 1. The Morgan fingerprint density at radius 1 is 1.35 bits per heavy atom. The van der Waals surface area contributed by atoms with Crippen molar-refractivity contribution in [2.24, 2.45) is 0 Å². The lowest BCUT2D eigenvalue weighted by molar-refractivity contribution is -0.223. The summed E-state index contributed by atoms with van der Waals surface area (Å²) < 4.78 is 10.4. The highest BCUT2D eigenvalue weighted by Crippen LogP contribution is 2.45. The van der Waals surface area contributed by atoms with E-state index in [0.717, 1.165) is 24.0 Å². The molecule has 1 aliphatic heterocycles. The van der Waals surface area contributed by atoms with Gasteiger partial charge in [-0.1, -0.05) is 30.3 Å². The van der Waals surface area contributed by atoms with Crippen LogP contribution < -0.4 is 0 Å². The molecule has 0 radical (unpaired) electrons. The average molecular weight is 316 g/mol. The molecule has 5 heteroatoms. The number of ketones is 1. The predicted octanol–water partition coefficient (Wildman–Crippen LogP) is 2.45. The first-order valence-electron chi connectivity index (χ1n) is 7.95. The Kier molecular flexibility index (Phi) is 4.22. The first-order valence-corrected chi connectivity index (χ1v) is 7.95. The Morgan fingerprint density at radius 2 is 2.09 bits per heavy atom. The van der Waals surface area contributed by atoms with Crippen molar-refractivity contribution in [2.45, 2.75) is 44.3 Å². The number of allylic oxidation sites excluding steroid dienone is 2. The molecule has 1 N–H and O–H groups in total. The van der Waals surface area contributed by atoms with Crippen LogP contribution in [0.25, 0.3) is 0 Å². The van der Waals surface area contributed by atoms with Crippen LogP contribution in [0.2, 0.25) is 0 Å². The molecule has 1 aliphatic carbocycles. The smallest absolute Gasteiger partial charge is 0.379 e. The second-order valence-corrected chi connectivity index (χ2v) is 5.91. The zero-order valence-corrected chi connectivity index (χ0v) is 13.1. The van der Waals surface area contributed by atoms with Crippen LogP contribution in [0.3, 0.4) is 0 Å². The van der Waals surface area contributed by atoms with Gasteiger partial charge in [0.25, 0.3) is 0 Å². The van der Waals surface area contributed by atoms with Crippen LogP contribution in [0.15, 0.2) is 41.7 Å². The SMILES string of the molecule is CCOC(=O)[C@@]1(O)C[C@@H](c2ccccc2)C2=C(O1)C(=O)CCC2. The fraction of sp³-hybridized carbons (Fsp3) is 0.444. The molecule has 1 aromatic carbocycles. The molecular weight excluding hydrogens is 296 g/mol. The van der Waals surface area contributed by atoms with Crippen molar-refractivity contribution < 1.29 is 24.2 Å². The van der Waals surface area contributed by atoms with E-state index >= 15 is 0 Å². The van der Waals surface area contributed by atoms with Crippen LogP contribution in [-0.2, 0) is 19.1 Å². The quantitative estimate of drug-likeness (QED) is 0.867. The third-order valence-electron chi connectivity index (χ3n) is 4.36. The van der Waals surface area contributed by atoms with Gasteiger partial charge in [-0.25, -0.2) is 4.79 Å². The van der Waals surface area contributed by atoms with Gasteiger partial charge in [0.1, 0.15) is 0 Å². The van der Waals surface area contributed by atoms with Gasteiger partial charge in [-0.3, -0.25) is 4.79 Å². The molecule has 0 fully saturated rings. The highest BCUT2D eigenvalue weighted by atomic mass is 16.7. The molecule has 2 atom stereocenters. The number of esters is 1. The number of ether oxygens (including phenoxy) is 2. The molecule has 2 aliphatic rings. The summed E-state index contributed by atoms with van der Waals surface area (Å²) >= 11 is 0. The van der Waals surface area contributed by atoms with Gasteiger partial charge in [-0.05, 0) is 30.9 Å². The molecule has 0 saturated carbocycles. The molecule has 3 rings (SSSR count). The largest absolute Gasteiger partial charge is 0.461 e. The number of carbonyl (C=O) groups is 2. The third kappa shape index (κ3) is 2.88. The Morgan fingerprint density at radius 3 is 2.78 bits per heavy atom. The summed E-state index contributed by atoms with van der Waals surface area (Å²) in [6, 6.07) is 9.58. The van der Waals surface area contributed by atoms with Crippen molar-refractivity contribution in [1.82, 2.24) is 0 Å². The molecule has 0 aromatic heterocycles. The minimum absolute atomic E-state index is 0.0575. The Labute approximate surface area is 134 Å². The summed E-state index contributed by atoms with van der Waals surface area (Å²) in [5.74, 6) is -3.19. The van der Waals surface area contributed by atoms with Gasteiger partial charge in [0.05, 0.1) is 6.61 Å². The maximum atomic E-state index is 12.2. The van der Waals surface area contributed by atoms with Gasteiger partial charge in [-0.2, -0.15) is 0 Å². The van der Waals surface area contributed by atoms with Crippen LogP contribution in [0.1, 0.15) is 44.1 Å². The lowest BCUT2D eigenvalue weighted by Gasteiger charge is -2.39. The number of Topliss-reactive ketones (excluding diaryl/α,β-unsaturated/α-hetero) is 1. The standard InChI is InChI=1S/C18H20O5/c1-2-22-17(20)18(21)11-14(12-7-4-3-5-8-12)13-9-6-10-15(19)16(13)23-18/h3-5,7-8,14,21H,2,6,9-11H2,1H3/t14-,18+/m0/s1. The van der Waals surface area contributed by atoms with Crippen LogP contribution in [-0.4, -0.2) is 29.3 Å². The van der Waals surface area contributed by atoms with E-state index in [1.54, 1.807) is 6.92 Å². The molecule has 0 saturated heterocycles. The molecule has 0 bridgehead atoms. The lowest BCUT2D eigenvalue weighted by Crippen LogP contribution is -2.48. The number of rotatable bonds is 3. The molecular formula is C18H20O5. The number of aliphatic hydroxyl groups is 1. The van der Waals surface area contributed by atoms with Gasteiger partial charge < -0.3 is 14.6 Å². The predicted molar refractivity (Wildman–Crippen MR) is 82.4 cm³/mol. The van der Waals surface area contributed by atoms with Crippen molar-refractivity contribution >= 4 is 11.8 Å². The Balaban J connectivity index is 2.04. The maximum Gasteiger partial charge on any atom is 0.379 e. The molecule has 1 heterocycles. The first-order chi connectivity index (χ1) is 11.0. The highest BCUT2D eigenvalue weighted by Gasteiger charge is 2.50. The van der Waals surface area contributed by atoms with E-state index in [9.17, 15) is 14.7 Å². The molecule has 0 amide bonds. The minimum atomic E-state index is -2.11. The molecule has 23 heavy (non-hydrogen) atoms. The second kappa shape index (κ2) is 6.16. The molecule has 1 aromatic rings. The Hall–Kier alpha value is -2.14. The number of carbonyl (C=O) groups excluding carboxylic acids is 2. The molecule has 5 nitrogen and oxygen atoms in total. The van der Waals surface area contributed by atoms with E-state index < -0.39 is 11.8 Å². The topological polar surface area (TPSA) is 72.8 Å². The molecule has 122 valence electrons. The minimum Gasteiger partial charge on any atom is -0.461 e. The van der Waals surface area contributed by atoms with Crippen LogP contribution in [0.4, 0.5) is 0 Å². The summed E-state index contributed by atoms with van der Waals surface area (Å²) in [5, 5.41) is 10.7. The van der Waals surface area contributed by atoms with Crippen molar-refractivity contribution in [3.05, 3.63) is 47.2 Å². The van der Waals surface area contributed by atoms with E-state index in [1.165, 1.54) is 0 Å². The molecule has 0 unspecified atom stereocenters. The highest BCUT2D eigenvalue weighted by molar-refractivity contribution is 5.96. The van der Waals surface area contributed by atoms with Crippen molar-refractivity contribution in [3.8, 4) is 0 Å². The van der Waals surface area contributed by atoms with E-state index in [-0.39, 0.29) is 30.5 Å². The fourth-order valence-electron chi connectivity index (χ4n) is 3.28. The van der Waals surface area contributed by atoms with E-state index in [2.05, 4.69) is 0 Å². The van der Waals surface area contributed by atoms with Crippen molar-refractivity contribution in [2.75, 3.05) is 6.61 Å². The summed E-state index contributed by atoms with van der Waals surface area (Å²) in [6.45, 7) is 1.80. The zero-order chi connectivity index (χ0) is 16.4.